The third-order valence-electron chi connectivity index (χ3n) is 4.54. The highest BCUT2D eigenvalue weighted by Crippen LogP contribution is 2.28. The number of hydrogen-bond acceptors (Lipinski definition) is 6. The highest BCUT2D eigenvalue weighted by Gasteiger charge is 2.35. The first-order chi connectivity index (χ1) is 13.3. The van der Waals surface area contributed by atoms with Crippen LogP contribution in [0.5, 0.6) is 0 Å². The molecule has 1 aliphatic heterocycles. The Balaban J connectivity index is 1.71. The van der Waals surface area contributed by atoms with Crippen LogP contribution in [0.1, 0.15) is 12.0 Å². The van der Waals surface area contributed by atoms with Gasteiger partial charge in [-0.25, -0.2) is 0 Å². The number of carbonyl (C=O) groups is 2. The lowest BCUT2D eigenvalue weighted by Gasteiger charge is -2.16. The van der Waals surface area contributed by atoms with Crippen molar-refractivity contribution in [1.82, 2.24) is 0 Å². The van der Waals surface area contributed by atoms with E-state index in [1.807, 2.05) is 0 Å². The molecule has 0 radical (unpaired) electrons. The number of nitrogens with zero attached hydrogens (tertiary/aromatic N) is 3. The summed E-state index contributed by atoms with van der Waals surface area (Å²) in [6.45, 7) is 1.72. The molecule has 0 bridgehead atoms. The molecule has 0 unspecified atom stereocenters. The van der Waals surface area contributed by atoms with E-state index in [1.54, 1.807) is 13.0 Å². The second-order valence-electron chi connectivity index (χ2n) is 6.43. The van der Waals surface area contributed by atoms with E-state index < -0.39 is 21.7 Å². The molecule has 1 N–H and O–H groups in total. The molecule has 144 valence electrons. The molecule has 1 saturated heterocycles. The van der Waals surface area contributed by atoms with Crippen LogP contribution in [0.25, 0.3) is 0 Å². The first-order valence-corrected chi connectivity index (χ1v) is 8.37. The summed E-state index contributed by atoms with van der Waals surface area (Å²) in [6.07, 6.45) is -0.0171. The number of hydrogen-bond donors (Lipinski definition) is 1. The van der Waals surface area contributed by atoms with Gasteiger partial charge >= 0.3 is 0 Å². The Kier molecular flexibility index (Phi) is 5.03. The van der Waals surface area contributed by atoms with E-state index in [9.17, 15) is 29.8 Å². The molecule has 10 nitrogen and oxygen atoms in total. The molecular weight excluding hydrogens is 368 g/mol. The standard InChI is InChI=1S/C18H16N4O6/c1-11-2-3-13(9-16(11)22(27)28)19-18(24)12-8-17(23)20(10-12)14-4-6-15(7-5-14)21(25)26/h2-7,9,12H,8,10H2,1H3,(H,19,24)/t12-/m1/s1. The normalized spacial score (nSPS) is 16.1. The molecule has 2 aromatic rings. The van der Waals surface area contributed by atoms with Crippen LogP contribution in [0, 0.1) is 33.1 Å². The fourth-order valence-electron chi connectivity index (χ4n) is 3.02. The van der Waals surface area contributed by atoms with Crippen molar-refractivity contribution in [2.24, 2.45) is 5.92 Å². The van der Waals surface area contributed by atoms with Crippen molar-refractivity contribution in [3.8, 4) is 0 Å². The summed E-state index contributed by atoms with van der Waals surface area (Å²) < 4.78 is 0. The number of nitrogens with one attached hydrogen (secondary N) is 1. The van der Waals surface area contributed by atoms with Crippen molar-refractivity contribution < 1.29 is 19.4 Å². The fraction of sp³-hybridized carbons (Fsp3) is 0.222. The van der Waals surface area contributed by atoms with Crippen molar-refractivity contribution in [3.05, 3.63) is 68.3 Å². The summed E-state index contributed by atoms with van der Waals surface area (Å²) in [5.41, 5.74) is 1.03. The number of rotatable bonds is 5. The van der Waals surface area contributed by atoms with Crippen LogP contribution in [0.4, 0.5) is 22.7 Å². The van der Waals surface area contributed by atoms with Crippen molar-refractivity contribution >= 4 is 34.6 Å². The van der Waals surface area contributed by atoms with E-state index in [0.29, 0.717) is 11.3 Å². The molecule has 2 amide bonds. The lowest BCUT2D eigenvalue weighted by molar-refractivity contribution is -0.385. The third kappa shape index (κ3) is 3.80. The zero-order valence-corrected chi connectivity index (χ0v) is 14.8. The van der Waals surface area contributed by atoms with Gasteiger partial charge in [-0.2, -0.15) is 0 Å². The Labute approximate surface area is 159 Å². The minimum Gasteiger partial charge on any atom is -0.326 e. The average Bonchev–Trinajstić information content (AvgIpc) is 3.05. The molecule has 28 heavy (non-hydrogen) atoms. The van der Waals surface area contributed by atoms with Gasteiger partial charge in [-0.1, -0.05) is 6.07 Å². The van der Waals surface area contributed by atoms with Crippen LogP contribution in [0.15, 0.2) is 42.5 Å². The summed E-state index contributed by atoms with van der Waals surface area (Å²) in [6, 6.07) is 9.88. The van der Waals surface area contributed by atoms with Gasteiger partial charge in [-0.05, 0) is 25.1 Å². The minimum absolute atomic E-state index is 0.0171. The van der Waals surface area contributed by atoms with E-state index in [2.05, 4.69) is 5.32 Å². The zero-order chi connectivity index (χ0) is 20.4. The number of benzene rings is 2. The predicted molar refractivity (Wildman–Crippen MR) is 100 cm³/mol. The second-order valence-corrected chi connectivity index (χ2v) is 6.43. The van der Waals surface area contributed by atoms with Crippen LogP contribution >= 0.6 is 0 Å². The number of non-ortho nitro benzene ring substituents is 1. The summed E-state index contributed by atoms with van der Waals surface area (Å²) in [5.74, 6) is -1.33. The van der Waals surface area contributed by atoms with Crippen molar-refractivity contribution in [2.75, 3.05) is 16.8 Å². The van der Waals surface area contributed by atoms with Crippen LogP contribution in [0.3, 0.4) is 0 Å². The Morgan fingerprint density at radius 3 is 2.39 bits per heavy atom. The summed E-state index contributed by atoms with van der Waals surface area (Å²) in [5, 5.41) is 24.4. The highest BCUT2D eigenvalue weighted by atomic mass is 16.6. The Bertz CT molecular complexity index is 973. The summed E-state index contributed by atoms with van der Waals surface area (Å²) >= 11 is 0. The van der Waals surface area contributed by atoms with Crippen molar-refractivity contribution in [2.45, 2.75) is 13.3 Å². The van der Waals surface area contributed by atoms with E-state index in [4.69, 9.17) is 0 Å². The predicted octanol–water partition coefficient (Wildman–Crippen LogP) is 2.80. The number of nitro benzene ring substituents is 2. The lowest BCUT2D eigenvalue weighted by Crippen LogP contribution is -2.28. The molecule has 1 heterocycles. The molecule has 0 aromatic heterocycles. The van der Waals surface area contributed by atoms with Gasteiger partial charge in [0.1, 0.15) is 0 Å². The Morgan fingerprint density at radius 1 is 1.11 bits per heavy atom. The first kappa shape index (κ1) is 19.0. The van der Waals surface area contributed by atoms with Crippen LogP contribution in [-0.2, 0) is 9.59 Å². The molecule has 0 aliphatic carbocycles. The fourth-order valence-corrected chi connectivity index (χ4v) is 3.02. The maximum Gasteiger partial charge on any atom is 0.274 e. The van der Waals surface area contributed by atoms with Crippen LogP contribution in [-0.4, -0.2) is 28.2 Å². The number of anilines is 2. The van der Waals surface area contributed by atoms with Crippen molar-refractivity contribution in [1.29, 1.82) is 0 Å². The van der Waals surface area contributed by atoms with E-state index in [1.165, 1.54) is 41.3 Å². The van der Waals surface area contributed by atoms with E-state index in [-0.39, 0.29) is 35.9 Å². The number of nitro groups is 2. The van der Waals surface area contributed by atoms with Crippen LogP contribution in [0.2, 0.25) is 0 Å². The molecule has 2 aromatic carbocycles. The molecule has 3 rings (SSSR count). The van der Waals surface area contributed by atoms with Gasteiger partial charge < -0.3 is 10.2 Å². The largest absolute Gasteiger partial charge is 0.326 e. The smallest absolute Gasteiger partial charge is 0.274 e. The molecule has 0 saturated carbocycles. The van der Waals surface area contributed by atoms with Gasteiger partial charge in [0.15, 0.2) is 0 Å². The van der Waals surface area contributed by atoms with Gasteiger partial charge in [-0.3, -0.25) is 29.8 Å². The minimum atomic E-state index is -0.636. The number of aryl methyl sites for hydroxylation is 1. The van der Waals surface area contributed by atoms with Gasteiger partial charge in [-0.15, -0.1) is 0 Å². The van der Waals surface area contributed by atoms with E-state index >= 15 is 0 Å². The van der Waals surface area contributed by atoms with Crippen molar-refractivity contribution in [3.63, 3.8) is 0 Å². The van der Waals surface area contributed by atoms with Gasteiger partial charge in [0, 0.05) is 48.1 Å². The Hall–Kier alpha value is -3.82. The van der Waals surface area contributed by atoms with Crippen LogP contribution < -0.4 is 10.2 Å². The van der Waals surface area contributed by atoms with Gasteiger partial charge in [0.05, 0.1) is 15.8 Å². The number of carbonyl (C=O) groups excluding carboxylic acids is 2. The molecular formula is C18H16N4O6. The lowest BCUT2D eigenvalue weighted by atomic mass is 10.1. The molecule has 1 atom stereocenters. The third-order valence-corrected chi connectivity index (χ3v) is 4.54. The van der Waals surface area contributed by atoms with E-state index in [0.717, 1.165) is 0 Å². The maximum absolute atomic E-state index is 12.5. The highest BCUT2D eigenvalue weighted by molar-refractivity contribution is 6.03. The van der Waals surface area contributed by atoms with Gasteiger partial charge in [0.25, 0.3) is 11.4 Å². The maximum atomic E-state index is 12.5. The summed E-state index contributed by atoms with van der Waals surface area (Å²) in [7, 11) is 0. The molecule has 1 aliphatic rings. The average molecular weight is 384 g/mol. The topological polar surface area (TPSA) is 136 Å². The second kappa shape index (κ2) is 7.43. The summed E-state index contributed by atoms with van der Waals surface area (Å²) in [4.78, 5) is 46.9. The number of amides is 2. The molecule has 0 spiro atoms. The monoisotopic (exact) mass is 384 g/mol. The Morgan fingerprint density at radius 2 is 1.79 bits per heavy atom. The van der Waals surface area contributed by atoms with Gasteiger partial charge in [0.2, 0.25) is 11.8 Å². The SMILES string of the molecule is Cc1ccc(NC(=O)[C@@H]2CC(=O)N(c3ccc([N+](=O)[O-])cc3)C2)cc1[N+](=O)[O-]. The first-order valence-electron chi connectivity index (χ1n) is 8.37. The zero-order valence-electron chi connectivity index (χ0n) is 14.8. The molecule has 1 fully saturated rings. The molecule has 10 heteroatoms. The quantitative estimate of drug-likeness (QED) is 0.622.